The first-order chi connectivity index (χ1) is 8.72. The molecular weight excluding hydrogens is 222 g/mol. The van der Waals surface area contributed by atoms with Gasteiger partial charge < -0.3 is 10.1 Å². The molecule has 0 amide bonds. The van der Waals surface area contributed by atoms with E-state index in [1.165, 1.54) is 16.7 Å². The summed E-state index contributed by atoms with van der Waals surface area (Å²) in [5.74, 6) is 0. The molecule has 0 saturated heterocycles. The van der Waals surface area contributed by atoms with Gasteiger partial charge in [0, 0.05) is 13.7 Å². The molecular formula is C16H25NO. The topological polar surface area (TPSA) is 21.3 Å². The van der Waals surface area contributed by atoms with Crippen LogP contribution in [0.2, 0.25) is 0 Å². The molecule has 100 valence electrons. The number of hydrogen-bond donors (Lipinski definition) is 1. The Balaban J connectivity index is 2.23. The van der Waals surface area contributed by atoms with E-state index in [0.717, 1.165) is 32.5 Å². The standard InChI is InChI=1S/C16H25NO/c1-14-6-8-16(9-7-14)13-15(2)5-4-10-17-11-12-18-3/h5-9,17H,4,10-13H2,1-3H3. The predicted molar refractivity (Wildman–Crippen MR) is 78.0 cm³/mol. The van der Waals surface area contributed by atoms with Gasteiger partial charge in [-0.05, 0) is 38.8 Å². The first-order valence-corrected chi connectivity index (χ1v) is 6.63. The molecule has 2 heteroatoms. The smallest absolute Gasteiger partial charge is 0.0587 e. The van der Waals surface area contributed by atoms with Gasteiger partial charge in [-0.15, -0.1) is 0 Å². The van der Waals surface area contributed by atoms with Gasteiger partial charge in [0.1, 0.15) is 0 Å². The molecule has 0 spiro atoms. The van der Waals surface area contributed by atoms with E-state index >= 15 is 0 Å². The Morgan fingerprint density at radius 2 is 1.94 bits per heavy atom. The van der Waals surface area contributed by atoms with Crippen LogP contribution in [0.1, 0.15) is 24.5 Å². The van der Waals surface area contributed by atoms with Crippen molar-refractivity contribution in [3.63, 3.8) is 0 Å². The second-order valence-electron chi connectivity index (χ2n) is 4.74. The van der Waals surface area contributed by atoms with Crippen molar-refractivity contribution in [2.24, 2.45) is 0 Å². The molecule has 0 bridgehead atoms. The highest BCUT2D eigenvalue weighted by Gasteiger charge is 1.94. The van der Waals surface area contributed by atoms with E-state index in [1.807, 2.05) is 0 Å². The van der Waals surface area contributed by atoms with Crippen LogP contribution in [0, 0.1) is 6.92 Å². The molecule has 0 heterocycles. The SMILES string of the molecule is COCCNCCC=C(C)Cc1ccc(C)cc1. The van der Waals surface area contributed by atoms with Crippen molar-refractivity contribution < 1.29 is 4.74 Å². The monoisotopic (exact) mass is 247 g/mol. The number of hydrogen-bond acceptors (Lipinski definition) is 2. The average molecular weight is 247 g/mol. The zero-order valence-electron chi connectivity index (χ0n) is 11.8. The van der Waals surface area contributed by atoms with Crippen LogP contribution >= 0.6 is 0 Å². The Hall–Kier alpha value is -1.12. The van der Waals surface area contributed by atoms with E-state index < -0.39 is 0 Å². The normalized spacial score (nSPS) is 11.8. The summed E-state index contributed by atoms with van der Waals surface area (Å²) in [6, 6.07) is 8.77. The first kappa shape index (κ1) is 14.9. The van der Waals surface area contributed by atoms with Crippen molar-refractivity contribution in [1.29, 1.82) is 0 Å². The molecule has 0 aliphatic rings. The number of benzene rings is 1. The lowest BCUT2D eigenvalue weighted by atomic mass is 10.0. The number of rotatable bonds is 8. The zero-order chi connectivity index (χ0) is 13.2. The predicted octanol–water partition coefficient (Wildman–Crippen LogP) is 3.11. The van der Waals surface area contributed by atoms with Gasteiger partial charge >= 0.3 is 0 Å². The van der Waals surface area contributed by atoms with Gasteiger partial charge in [-0.3, -0.25) is 0 Å². The minimum Gasteiger partial charge on any atom is -0.383 e. The van der Waals surface area contributed by atoms with E-state index in [2.05, 4.69) is 49.5 Å². The molecule has 0 aliphatic heterocycles. The summed E-state index contributed by atoms with van der Waals surface area (Å²) in [4.78, 5) is 0. The third-order valence-electron chi connectivity index (χ3n) is 2.90. The Bertz CT molecular complexity index is 354. The lowest BCUT2D eigenvalue weighted by molar-refractivity contribution is 0.199. The van der Waals surface area contributed by atoms with Crippen molar-refractivity contribution in [3.8, 4) is 0 Å². The highest BCUT2D eigenvalue weighted by atomic mass is 16.5. The molecule has 1 aromatic rings. The number of aryl methyl sites for hydroxylation is 1. The lowest BCUT2D eigenvalue weighted by Gasteiger charge is -2.04. The first-order valence-electron chi connectivity index (χ1n) is 6.63. The molecule has 0 atom stereocenters. The molecule has 18 heavy (non-hydrogen) atoms. The number of methoxy groups -OCH3 is 1. The van der Waals surface area contributed by atoms with Gasteiger partial charge in [-0.2, -0.15) is 0 Å². The summed E-state index contributed by atoms with van der Waals surface area (Å²) in [7, 11) is 1.73. The van der Waals surface area contributed by atoms with Crippen molar-refractivity contribution in [2.45, 2.75) is 26.7 Å². The van der Waals surface area contributed by atoms with Gasteiger partial charge in [-0.1, -0.05) is 41.5 Å². The number of ether oxygens (including phenoxy) is 1. The molecule has 1 N–H and O–H groups in total. The van der Waals surface area contributed by atoms with Crippen molar-refractivity contribution in [1.82, 2.24) is 5.32 Å². The summed E-state index contributed by atoms with van der Waals surface area (Å²) >= 11 is 0. The van der Waals surface area contributed by atoms with Crippen molar-refractivity contribution >= 4 is 0 Å². The molecule has 0 fully saturated rings. The van der Waals surface area contributed by atoms with E-state index in [1.54, 1.807) is 7.11 Å². The average Bonchev–Trinajstić information content (AvgIpc) is 2.36. The van der Waals surface area contributed by atoms with Crippen LogP contribution in [0.5, 0.6) is 0 Å². The summed E-state index contributed by atoms with van der Waals surface area (Å²) in [5.41, 5.74) is 4.15. The van der Waals surface area contributed by atoms with Gasteiger partial charge in [0.05, 0.1) is 6.61 Å². The van der Waals surface area contributed by atoms with E-state index in [0.29, 0.717) is 0 Å². The van der Waals surface area contributed by atoms with Crippen LogP contribution in [0.15, 0.2) is 35.9 Å². The highest BCUT2D eigenvalue weighted by molar-refractivity contribution is 5.25. The Kier molecular flexibility index (Phi) is 7.38. The van der Waals surface area contributed by atoms with Crippen LogP contribution in [-0.2, 0) is 11.2 Å². The molecule has 0 aliphatic carbocycles. The van der Waals surface area contributed by atoms with Crippen LogP contribution in [0.4, 0.5) is 0 Å². The second kappa shape index (κ2) is 8.90. The summed E-state index contributed by atoms with van der Waals surface area (Å²) in [6.45, 7) is 7.06. The summed E-state index contributed by atoms with van der Waals surface area (Å²) < 4.78 is 4.98. The van der Waals surface area contributed by atoms with Gasteiger partial charge in [0.25, 0.3) is 0 Å². The maximum absolute atomic E-state index is 4.98. The lowest BCUT2D eigenvalue weighted by Crippen LogP contribution is -2.19. The largest absolute Gasteiger partial charge is 0.383 e. The van der Waals surface area contributed by atoms with Crippen molar-refractivity contribution in [2.75, 3.05) is 26.8 Å². The van der Waals surface area contributed by atoms with Crippen LogP contribution in [-0.4, -0.2) is 26.8 Å². The second-order valence-corrected chi connectivity index (χ2v) is 4.74. The quantitative estimate of drug-likeness (QED) is 0.563. The number of nitrogens with one attached hydrogen (secondary N) is 1. The minimum atomic E-state index is 0.784. The molecule has 1 aromatic carbocycles. The highest BCUT2D eigenvalue weighted by Crippen LogP contribution is 2.09. The maximum atomic E-state index is 4.98. The fourth-order valence-electron chi connectivity index (χ4n) is 1.82. The molecule has 2 nitrogen and oxygen atoms in total. The Labute approximate surface area is 111 Å². The molecule has 0 radical (unpaired) electrons. The maximum Gasteiger partial charge on any atom is 0.0587 e. The molecule has 0 unspecified atom stereocenters. The van der Waals surface area contributed by atoms with Gasteiger partial charge in [0.2, 0.25) is 0 Å². The van der Waals surface area contributed by atoms with E-state index in [-0.39, 0.29) is 0 Å². The molecule has 1 rings (SSSR count). The fourth-order valence-corrected chi connectivity index (χ4v) is 1.82. The third-order valence-corrected chi connectivity index (χ3v) is 2.90. The van der Waals surface area contributed by atoms with Crippen LogP contribution in [0.3, 0.4) is 0 Å². The zero-order valence-corrected chi connectivity index (χ0v) is 11.8. The summed E-state index contributed by atoms with van der Waals surface area (Å²) in [6.07, 6.45) is 4.46. The third kappa shape index (κ3) is 6.58. The Morgan fingerprint density at radius 3 is 2.61 bits per heavy atom. The van der Waals surface area contributed by atoms with E-state index in [4.69, 9.17) is 4.74 Å². The van der Waals surface area contributed by atoms with Gasteiger partial charge in [0.15, 0.2) is 0 Å². The van der Waals surface area contributed by atoms with E-state index in [9.17, 15) is 0 Å². The Morgan fingerprint density at radius 1 is 1.22 bits per heavy atom. The molecule has 0 aromatic heterocycles. The number of allylic oxidation sites excluding steroid dienone is 1. The van der Waals surface area contributed by atoms with Crippen molar-refractivity contribution in [3.05, 3.63) is 47.0 Å². The van der Waals surface area contributed by atoms with Crippen LogP contribution in [0.25, 0.3) is 0 Å². The van der Waals surface area contributed by atoms with Crippen LogP contribution < -0.4 is 5.32 Å². The summed E-state index contributed by atoms with van der Waals surface area (Å²) in [5, 5.41) is 3.34. The molecule has 0 saturated carbocycles. The van der Waals surface area contributed by atoms with Gasteiger partial charge in [-0.25, -0.2) is 0 Å². The fraction of sp³-hybridized carbons (Fsp3) is 0.500. The minimum absolute atomic E-state index is 0.784.